The minimum Gasteiger partial charge on any atom is -0.472 e. The van der Waals surface area contributed by atoms with Gasteiger partial charge in [-0.1, -0.05) is 12.1 Å². The number of nitrogens with one attached hydrogen (secondary N) is 1. The molecule has 1 aromatic carbocycles. The van der Waals surface area contributed by atoms with Gasteiger partial charge in [0, 0.05) is 36.7 Å². The maximum absolute atomic E-state index is 13.7. The van der Waals surface area contributed by atoms with E-state index in [9.17, 15) is 9.18 Å². The number of benzene rings is 1. The van der Waals surface area contributed by atoms with Crippen LogP contribution < -0.4 is 5.32 Å². The largest absolute Gasteiger partial charge is 0.472 e. The quantitative estimate of drug-likeness (QED) is 0.913. The van der Waals surface area contributed by atoms with Gasteiger partial charge in [0.2, 0.25) is 0 Å². The lowest BCUT2D eigenvalue weighted by Crippen LogP contribution is -2.42. The van der Waals surface area contributed by atoms with Crippen LogP contribution in [0.15, 0.2) is 47.3 Å². The van der Waals surface area contributed by atoms with E-state index in [1.54, 1.807) is 24.7 Å². The Balaban J connectivity index is 1.69. The molecule has 0 saturated carbocycles. The molecule has 0 radical (unpaired) electrons. The van der Waals surface area contributed by atoms with Crippen LogP contribution in [0.2, 0.25) is 0 Å². The molecule has 1 saturated heterocycles. The molecule has 1 aromatic heterocycles. The van der Waals surface area contributed by atoms with Crippen LogP contribution >= 0.6 is 11.8 Å². The topological polar surface area (TPSA) is 45.5 Å². The molecule has 1 aliphatic heterocycles. The maximum atomic E-state index is 13.7. The SMILES string of the molecule is O=C(NCC(c1ccoc1)N1CCSCC1)c1ccccc1F. The molecule has 0 bridgehead atoms. The van der Waals surface area contributed by atoms with Crippen molar-refractivity contribution in [1.82, 2.24) is 10.2 Å². The van der Waals surface area contributed by atoms with Crippen LogP contribution in [-0.4, -0.2) is 41.9 Å². The molecule has 23 heavy (non-hydrogen) atoms. The molecule has 1 aliphatic rings. The molecule has 2 aromatic rings. The lowest BCUT2D eigenvalue weighted by Gasteiger charge is -2.34. The molecule has 1 fully saturated rings. The van der Waals surface area contributed by atoms with Crippen LogP contribution in [0, 0.1) is 5.82 Å². The normalized spacial score (nSPS) is 16.9. The number of amides is 1. The Kier molecular flexibility index (Phi) is 5.35. The summed E-state index contributed by atoms with van der Waals surface area (Å²) >= 11 is 1.93. The van der Waals surface area contributed by atoms with Gasteiger partial charge >= 0.3 is 0 Å². The van der Waals surface area contributed by atoms with Gasteiger partial charge in [-0.2, -0.15) is 11.8 Å². The van der Waals surface area contributed by atoms with E-state index in [1.807, 2.05) is 17.8 Å². The number of hydrogen-bond acceptors (Lipinski definition) is 4. The molecule has 1 amide bonds. The third kappa shape index (κ3) is 3.95. The van der Waals surface area contributed by atoms with E-state index in [4.69, 9.17) is 4.42 Å². The predicted molar refractivity (Wildman–Crippen MR) is 89.1 cm³/mol. The number of thioether (sulfide) groups is 1. The zero-order valence-electron chi connectivity index (χ0n) is 12.7. The van der Waals surface area contributed by atoms with E-state index in [0.29, 0.717) is 6.54 Å². The van der Waals surface area contributed by atoms with Gasteiger partial charge in [0.25, 0.3) is 5.91 Å². The van der Waals surface area contributed by atoms with Crippen molar-refractivity contribution in [2.24, 2.45) is 0 Å². The molecule has 4 nitrogen and oxygen atoms in total. The second-order valence-electron chi connectivity index (χ2n) is 5.41. The Morgan fingerprint density at radius 2 is 2.09 bits per heavy atom. The van der Waals surface area contributed by atoms with Gasteiger partial charge in [-0.3, -0.25) is 9.69 Å². The zero-order chi connectivity index (χ0) is 16.1. The highest BCUT2D eigenvalue weighted by molar-refractivity contribution is 7.99. The number of hydrogen-bond donors (Lipinski definition) is 1. The highest BCUT2D eigenvalue weighted by Gasteiger charge is 2.24. The lowest BCUT2D eigenvalue weighted by molar-refractivity contribution is 0.0930. The summed E-state index contributed by atoms with van der Waals surface area (Å²) in [6.07, 6.45) is 3.35. The van der Waals surface area contributed by atoms with Gasteiger partial charge in [0.15, 0.2) is 0 Å². The average Bonchev–Trinajstić information content (AvgIpc) is 3.10. The highest BCUT2D eigenvalue weighted by Crippen LogP contribution is 2.24. The minimum atomic E-state index is -0.501. The second-order valence-corrected chi connectivity index (χ2v) is 6.64. The third-order valence-electron chi connectivity index (χ3n) is 3.99. The Bertz CT molecular complexity index is 642. The first-order valence-corrected chi connectivity index (χ1v) is 8.78. The van der Waals surface area contributed by atoms with Crippen molar-refractivity contribution in [3.63, 3.8) is 0 Å². The van der Waals surface area contributed by atoms with Gasteiger partial charge in [0.05, 0.1) is 24.1 Å². The summed E-state index contributed by atoms with van der Waals surface area (Å²) < 4.78 is 18.9. The molecular weight excluding hydrogens is 315 g/mol. The zero-order valence-corrected chi connectivity index (χ0v) is 13.5. The Morgan fingerprint density at radius 3 is 2.78 bits per heavy atom. The highest BCUT2D eigenvalue weighted by atomic mass is 32.2. The summed E-state index contributed by atoms with van der Waals surface area (Å²) in [4.78, 5) is 14.6. The first-order valence-electron chi connectivity index (χ1n) is 7.62. The van der Waals surface area contributed by atoms with Gasteiger partial charge < -0.3 is 9.73 Å². The monoisotopic (exact) mass is 334 g/mol. The molecule has 1 unspecified atom stereocenters. The van der Waals surface area contributed by atoms with Crippen molar-refractivity contribution in [3.8, 4) is 0 Å². The first-order chi connectivity index (χ1) is 11.3. The fourth-order valence-corrected chi connectivity index (χ4v) is 3.67. The van der Waals surface area contributed by atoms with E-state index in [0.717, 1.165) is 30.2 Å². The minimum absolute atomic E-state index is 0.0466. The van der Waals surface area contributed by atoms with Crippen LogP contribution in [-0.2, 0) is 0 Å². The Hall–Kier alpha value is -1.79. The van der Waals surface area contributed by atoms with E-state index < -0.39 is 5.82 Å². The van der Waals surface area contributed by atoms with Crippen molar-refractivity contribution in [2.45, 2.75) is 6.04 Å². The van der Waals surface area contributed by atoms with Gasteiger partial charge in [0.1, 0.15) is 5.82 Å². The first kappa shape index (κ1) is 16.1. The van der Waals surface area contributed by atoms with E-state index in [1.165, 1.54) is 12.1 Å². The summed E-state index contributed by atoms with van der Waals surface area (Å²) in [5, 5.41) is 2.86. The van der Waals surface area contributed by atoms with Crippen LogP contribution in [0.1, 0.15) is 22.0 Å². The number of halogens is 1. The predicted octanol–water partition coefficient (Wildman–Crippen LogP) is 2.94. The van der Waals surface area contributed by atoms with Crippen LogP contribution in [0.3, 0.4) is 0 Å². The fourth-order valence-electron chi connectivity index (χ4n) is 2.74. The molecule has 2 heterocycles. The lowest BCUT2D eigenvalue weighted by atomic mass is 10.1. The number of carbonyl (C=O) groups excluding carboxylic acids is 1. The van der Waals surface area contributed by atoms with E-state index in [-0.39, 0.29) is 17.5 Å². The molecule has 0 spiro atoms. The van der Waals surface area contributed by atoms with E-state index in [2.05, 4.69) is 10.2 Å². The standard InChI is InChI=1S/C17H19FN2O2S/c18-15-4-2-1-3-14(15)17(21)19-11-16(13-5-8-22-12-13)20-6-9-23-10-7-20/h1-5,8,12,16H,6-7,9-11H2,(H,19,21). The van der Waals surface area contributed by atoms with Crippen molar-refractivity contribution in [3.05, 3.63) is 59.8 Å². The van der Waals surface area contributed by atoms with Crippen molar-refractivity contribution >= 4 is 17.7 Å². The molecule has 1 atom stereocenters. The van der Waals surface area contributed by atoms with Crippen LogP contribution in [0.25, 0.3) is 0 Å². The van der Waals surface area contributed by atoms with Crippen molar-refractivity contribution < 1.29 is 13.6 Å². The van der Waals surface area contributed by atoms with Gasteiger partial charge in [-0.15, -0.1) is 0 Å². The molecular formula is C17H19FN2O2S. The van der Waals surface area contributed by atoms with E-state index >= 15 is 0 Å². The summed E-state index contributed by atoms with van der Waals surface area (Å²) in [7, 11) is 0. The van der Waals surface area contributed by atoms with Crippen molar-refractivity contribution in [2.75, 3.05) is 31.1 Å². The average molecular weight is 334 g/mol. The number of rotatable bonds is 5. The second kappa shape index (κ2) is 7.66. The number of carbonyl (C=O) groups is 1. The number of furan rings is 1. The summed E-state index contributed by atoms with van der Waals surface area (Å²) in [6, 6.07) is 7.99. The molecule has 6 heteroatoms. The molecule has 122 valence electrons. The summed E-state index contributed by atoms with van der Waals surface area (Å²) in [5.74, 6) is 1.27. The van der Waals surface area contributed by atoms with Gasteiger partial charge in [-0.25, -0.2) is 4.39 Å². The summed E-state index contributed by atoms with van der Waals surface area (Å²) in [5.41, 5.74) is 1.11. The molecule has 1 N–H and O–H groups in total. The van der Waals surface area contributed by atoms with Crippen LogP contribution in [0.4, 0.5) is 4.39 Å². The Morgan fingerprint density at radius 1 is 1.30 bits per heavy atom. The van der Waals surface area contributed by atoms with Crippen LogP contribution in [0.5, 0.6) is 0 Å². The number of nitrogens with zero attached hydrogens (tertiary/aromatic N) is 1. The summed E-state index contributed by atoms with van der Waals surface area (Å²) in [6.45, 7) is 2.36. The Labute approximate surface area is 139 Å². The van der Waals surface area contributed by atoms with Crippen molar-refractivity contribution in [1.29, 1.82) is 0 Å². The maximum Gasteiger partial charge on any atom is 0.254 e. The molecule has 3 rings (SSSR count). The van der Waals surface area contributed by atoms with Gasteiger partial charge in [-0.05, 0) is 18.2 Å². The molecule has 0 aliphatic carbocycles. The fraction of sp³-hybridized carbons (Fsp3) is 0.353. The third-order valence-corrected chi connectivity index (χ3v) is 4.93. The smallest absolute Gasteiger partial charge is 0.254 e.